The highest BCUT2D eigenvalue weighted by Gasteiger charge is 2.23. The second kappa shape index (κ2) is 7.82. The maximum atomic E-state index is 9.01. The number of rotatable bonds is 7. The van der Waals surface area contributed by atoms with E-state index in [0.29, 0.717) is 12.6 Å². The van der Waals surface area contributed by atoms with Gasteiger partial charge in [-0.2, -0.15) is 0 Å². The van der Waals surface area contributed by atoms with E-state index in [4.69, 9.17) is 9.84 Å². The van der Waals surface area contributed by atoms with E-state index in [0.717, 1.165) is 32.8 Å². The monoisotopic (exact) mass is 242 g/mol. The second-order valence-electron chi connectivity index (χ2n) is 4.85. The first-order valence-corrected chi connectivity index (χ1v) is 6.47. The molecule has 1 aliphatic heterocycles. The standard InChI is InChI=1S/C13H26N2O2/c1-4-5-14(6-8-16)10-13-11-15(12(2)3)7-9-17-13/h4,12-13,16H,1,5-11H2,2-3H3. The second-order valence-corrected chi connectivity index (χ2v) is 4.85. The molecule has 0 aliphatic carbocycles. The third-order valence-corrected chi connectivity index (χ3v) is 3.17. The van der Waals surface area contributed by atoms with Crippen molar-refractivity contribution >= 4 is 0 Å². The Bertz CT molecular complexity index is 221. The van der Waals surface area contributed by atoms with Crippen LogP contribution in [0.5, 0.6) is 0 Å². The van der Waals surface area contributed by atoms with Gasteiger partial charge in [-0.05, 0) is 13.8 Å². The van der Waals surface area contributed by atoms with Gasteiger partial charge in [-0.25, -0.2) is 0 Å². The quantitative estimate of drug-likeness (QED) is 0.662. The summed E-state index contributed by atoms with van der Waals surface area (Å²) in [5, 5.41) is 9.01. The van der Waals surface area contributed by atoms with Crippen molar-refractivity contribution in [3.63, 3.8) is 0 Å². The maximum Gasteiger partial charge on any atom is 0.0829 e. The largest absolute Gasteiger partial charge is 0.395 e. The minimum Gasteiger partial charge on any atom is -0.395 e. The zero-order valence-electron chi connectivity index (χ0n) is 11.1. The van der Waals surface area contributed by atoms with Crippen molar-refractivity contribution in [1.29, 1.82) is 0 Å². The molecule has 0 aromatic rings. The number of hydrogen-bond acceptors (Lipinski definition) is 4. The molecule has 0 saturated carbocycles. The molecular formula is C13H26N2O2. The molecule has 0 bridgehead atoms. The number of morpholine rings is 1. The maximum absolute atomic E-state index is 9.01. The Morgan fingerprint density at radius 3 is 2.94 bits per heavy atom. The van der Waals surface area contributed by atoms with E-state index < -0.39 is 0 Å². The van der Waals surface area contributed by atoms with Gasteiger partial charge in [0.15, 0.2) is 0 Å². The van der Waals surface area contributed by atoms with E-state index in [1.807, 2.05) is 6.08 Å². The van der Waals surface area contributed by atoms with E-state index in [2.05, 4.69) is 30.2 Å². The van der Waals surface area contributed by atoms with Crippen LogP contribution in [0.3, 0.4) is 0 Å². The van der Waals surface area contributed by atoms with Crippen molar-refractivity contribution in [2.24, 2.45) is 0 Å². The van der Waals surface area contributed by atoms with Crippen LogP contribution in [0.4, 0.5) is 0 Å². The number of nitrogens with zero attached hydrogens (tertiary/aromatic N) is 2. The lowest BCUT2D eigenvalue weighted by molar-refractivity contribution is -0.0520. The van der Waals surface area contributed by atoms with Gasteiger partial charge in [-0.15, -0.1) is 6.58 Å². The normalized spacial score (nSPS) is 22.3. The van der Waals surface area contributed by atoms with Crippen molar-refractivity contribution in [2.45, 2.75) is 26.0 Å². The van der Waals surface area contributed by atoms with Crippen molar-refractivity contribution in [1.82, 2.24) is 9.80 Å². The Morgan fingerprint density at radius 1 is 1.59 bits per heavy atom. The highest BCUT2D eigenvalue weighted by Crippen LogP contribution is 2.10. The lowest BCUT2D eigenvalue weighted by atomic mass is 10.2. The zero-order valence-corrected chi connectivity index (χ0v) is 11.1. The zero-order chi connectivity index (χ0) is 12.7. The van der Waals surface area contributed by atoms with Gasteiger partial charge < -0.3 is 9.84 Å². The molecule has 0 spiro atoms. The van der Waals surface area contributed by atoms with Gasteiger partial charge in [0.25, 0.3) is 0 Å². The summed E-state index contributed by atoms with van der Waals surface area (Å²) in [5.74, 6) is 0. The first-order chi connectivity index (χ1) is 8.17. The molecule has 1 unspecified atom stereocenters. The third kappa shape index (κ3) is 5.17. The Balaban J connectivity index is 2.39. The topological polar surface area (TPSA) is 35.9 Å². The molecule has 0 aromatic heterocycles. The highest BCUT2D eigenvalue weighted by molar-refractivity contribution is 4.80. The predicted molar refractivity (Wildman–Crippen MR) is 70.2 cm³/mol. The van der Waals surface area contributed by atoms with E-state index >= 15 is 0 Å². The molecule has 1 fully saturated rings. The minimum atomic E-state index is 0.189. The first kappa shape index (κ1) is 14.6. The summed E-state index contributed by atoms with van der Waals surface area (Å²) < 4.78 is 5.78. The number of ether oxygens (including phenoxy) is 1. The van der Waals surface area contributed by atoms with Crippen molar-refractivity contribution in [3.8, 4) is 0 Å². The van der Waals surface area contributed by atoms with Crippen LogP contribution in [0.15, 0.2) is 12.7 Å². The Labute approximate surface area is 105 Å². The van der Waals surface area contributed by atoms with Gasteiger partial charge >= 0.3 is 0 Å². The van der Waals surface area contributed by atoms with E-state index in [1.54, 1.807) is 0 Å². The SMILES string of the molecule is C=CCN(CCO)CC1CN(C(C)C)CCO1. The van der Waals surface area contributed by atoms with Gasteiger partial charge in [0.1, 0.15) is 0 Å². The Kier molecular flexibility index (Phi) is 6.73. The van der Waals surface area contributed by atoms with Gasteiger partial charge in [0.2, 0.25) is 0 Å². The lowest BCUT2D eigenvalue weighted by Crippen LogP contribution is -2.50. The molecule has 1 rings (SSSR count). The molecule has 0 amide bonds. The summed E-state index contributed by atoms with van der Waals surface area (Å²) in [7, 11) is 0. The molecule has 0 radical (unpaired) electrons. The smallest absolute Gasteiger partial charge is 0.0829 e. The summed E-state index contributed by atoms with van der Waals surface area (Å²) in [6.07, 6.45) is 2.12. The van der Waals surface area contributed by atoms with Crippen molar-refractivity contribution in [3.05, 3.63) is 12.7 Å². The first-order valence-electron chi connectivity index (χ1n) is 6.47. The van der Waals surface area contributed by atoms with E-state index in [1.165, 1.54) is 0 Å². The average molecular weight is 242 g/mol. The van der Waals surface area contributed by atoms with Crippen molar-refractivity contribution < 1.29 is 9.84 Å². The van der Waals surface area contributed by atoms with Crippen LogP contribution in [-0.4, -0.2) is 73.0 Å². The third-order valence-electron chi connectivity index (χ3n) is 3.17. The molecule has 1 saturated heterocycles. The fraction of sp³-hybridized carbons (Fsp3) is 0.846. The van der Waals surface area contributed by atoms with Crippen LogP contribution in [-0.2, 0) is 4.74 Å². The predicted octanol–water partition coefficient (Wildman–Crippen LogP) is 0.576. The van der Waals surface area contributed by atoms with Crippen LogP contribution >= 0.6 is 0 Å². The molecule has 1 atom stereocenters. The fourth-order valence-electron chi connectivity index (χ4n) is 2.19. The van der Waals surface area contributed by atoms with E-state index in [-0.39, 0.29) is 12.7 Å². The van der Waals surface area contributed by atoms with Crippen LogP contribution < -0.4 is 0 Å². The van der Waals surface area contributed by atoms with Gasteiger partial charge in [0, 0.05) is 38.8 Å². The molecule has 17 heavy (non-hydrogen) atoms. The molecule has 4 heteroatoms. The van der Waals surface area contributed by atoms with Gasteiger partial charge in [-0.1, -0.05) is 6.08 Å². The molecular weight excluding hydrogens is 216 g/mol. The molecule has 1 aliphatic rings. The molecule has 0 aromatic carbocycles. The minimum absolute atomic E-state index is 0.189. The summed E-state index contributed by atoms with van der Waals surface area (Å²) in [6, 6.07) is 0.576. The molecule has 4 nitrogen and oxygen atoms in total. The Morgan fingerprint density at radius 2 is 2.35 bits per heavy atom. The lowest BCUT2D eigenvalue weighted by Gasteiger charge is -2.37. The van der Waals surface area contributed by atoms with Crippen molar-refractivity contribution in [2.75, 3.05) is 45.9 Å². The van der Waals surface area contributed by atoms with Crippen LogP contribution in [0.1, 0.15) is 13.8 Å². The molecule has 100 valence electrons. The molecule has 1 N–H and O–H groups in total. The summed E-state index contributed by atoms with van der Waals surface area (Å²) >= 11 is 0. The average Bonchev–Trinajstić information content (AvgIpc) is 2.30. The van der Waals surface area contributed by atoms with Crippen LogP contribution in [0.25, 0.3) is 0 Å². The van der Waals surface area contributed by atoms with Crippen LogP contribution in [0.2, 0.25) is 0 Å². The van der Waals surface area contributed by atoms with E-state index in [9.17, 15) is 0 Å². The number of aliphatic hydroxyl groups excluding tert-OH is 1. The molecule has 1 heterocycles. The summed E-state index contributed by atoms with van der Waals surface area (Å²) in [6.45, 7) is 13.6. The van der Waals surface area contributed by atoms with Gasteiger partial charge in [0.05, 0.1) is 19.3 Å². The Hall–Kier alpha value is -0.420. The van der Waals surface area contributed by atoms with Gasteiger partial charge in [-0.3, -0.25) is 9.80 Å². The summed E-state index contributed by atoms with van der Waals surface area (Å²) in [4.78, 5) is 4.63. The fourth-order valence-corrected chi connectivity index (χ4v) is 2.19. The summed E-state index contributed by atoms with van der Waals surface area (Å²) in [5.41, 5.74) is 0. The number of hydrogen-bond donors (Lipinski definition) is 1. The van der Waals surface area contributed by atoms with Crippen LogP contribution in [0, 0.1) is 0 Å². The number of aliphatic hydroxyl groups is 1. The highest BCUT2D eigenvalue weighted by atomic mass is 16.5.